The normalized spacial score (nSPS) is 24.9. The molecule has 0 spiro atoms. The Kier molecular flexibility index (Phi) is 5.35. The van der Waals surface area contributed by atoms with Gasteiger partial charge in [0.25, 0.3) is 0 Å². The molecular formula is C10H22N2O. The zero-order chi connectivity index (χ0) is 9.52. The van der Waals surface area contributed by atoms with Crippen molar-refractivity contribution in [2.24, 2.45) is 5.73 Å². The van der Waals surface area contributed by atoms with Gasteiger partial charge in [-0.2, -0.15) is 0 Å². The molecule has 78 valence electrons. The number of unbranched alkanes of at least 4 members (excludes halogenated alkanes) is 1. The average molecular weight is 186 g/mol. The van der Waals surface area contributed by atoms with Crippen LogP contribution in [0.5, 0.6) is 0 Å². The molecule has 1 atom stereocenters. The van der Waals surface area contributed by atoms with E-state index in [4.69, 9.17) is 10.5 Å². The third-order valence-electron chi connectivity index (χ3n) is 2.65. The van der Waals surface area contributed by atoms with Crippen molar-refractivity contribution in [2.45, 2.75) is 32.2 Å². The first-order chi connectivity index (χ1) is 6.38. The zero-order valence-electron chi connectivity index (χ0n) is 8.67. The lowest BCUT2D eigenvalue weighted by Gasteiger charge is -2.35. The van der Waals surface area contributed by atoms with Gasteiger partial charge in [0.15, 0.2) is 0 Å². The number of nitrogens with zero attached hydrogens (tertiary/aromatic N) is 1. The highest BCUT2D eigenvalue weighted by Gasteiger charge is 2.20. The van der Waals surface area contributed by atoms with Crippen molar-refractivity contribution >= 4 is 0 Å². The minimum atomic E-state index is 0.574. The number of morpholine rings is 1. The molecule has 1 heterocycles. The average Bonchev–Trinajstić information content (AvgIpc) is 2.17. The SMILES string of the molecule is CCCCN1CCOCC1CCN. The van der Waals surface area contributed by atoms with Crippen molar-refractivity contribution < 1.29 is 4.74 Å². The van der Waals surface area contributed by atoms with Crippen LogP contribution in [0, 0.1) is 0 Å². The highest BCUT2D eigenvalue weighted by molar-refractivity contribution is 4.75. The first-order valence-electron chi connectivity index (χ1n) is 5.40. The highest BCUT2D eigenvalue weighted by atomic mass is 16.5. The van der Waals surface area contributed by atoms with Crippen LogP contribution in [0.4, 0.5) is 0 Å². The third-order valence-corrected chi connectivity index (χ3v) is 2.65. The number of hydrogen-bond acceptors (Lipinski definition) is 3. The smallest absolute Gasteiger partial charge is 0.0622 e. The molecular weight excluding hydrogens is 164 g/mol. The van der Waals surface area contributed by atoms with Crippen LogP contribution in [0.1, 0.15) is 26.2 Å². The van der Waals surface area contributed by atoms with Crippen molar-refractivity contribution in [1.29, 1.82) is 0 Å². The predicted octanol–water partition coefficient (Wildman–Crippen LogP) is 0.836. The Morgan fingerprint density at radius 1 is 1.54 bits per heavy atom. The number of ether oxygens (including phenoxy) is 1. The van der Waals surface area contributed by atoms with Gasteiger partial charge in [0.05, 0.1) is 13.2 Å². The molecule has 0 aromatic carbocycles. The van der Waals surface area contributed by atoms with Crippen molar-refractivity contribution in [1.82, 2.24) is 4.90 Å². The van der Waals surface area contributed by atoms with Crippen LogP contribution in [0.15, 0.2) is 0 Å². The molecule has 1 rings (SSSR count). The lowest BCUT2D eigenvalue weighted by molar-refractivity contribution is -0.00982. The van der Waals surface area contributed by atoms with Gasteiger partial charge in [-0.1, -0.05) is 13.3 Å². The van der Waals surface area contributed by atoms with E-state index < -0.39 is 0 Å². The maximum atomic E-state index is 5.57. The molecule has 1 fully saturated rings. The molecule has 1 aliphatic rings. The summed E-state index contributed by atoms with van der Waals surface area (Å²) in [7, 11) is 0. The van der Waals surface area contributed by atoms with Gasteiger partial charge in [0.2, 0.25) is 0 Å². The van der Waals surface area contributed by atoms with Gasteiger partial charge < -0.3 is 10.5 Å². The van der Waals surface area contributed by atoms with Crippen LogP contribution >= 0.6 is 0 Å². The Bertz CT molecular complexity index is 128. The van der Waals surface area contributed by atoms with Crippen molar-refractivity contribution in [2.75, 3.05) is 32.8 Å². The molecule has 0 aromatic heterocycles. The molecule has 1 saturated heterocycles. The van der Waals surface area contributed by atoms with Crippen molar-refractivity contribution in [3.63, 3.8) is 0 Å². The van der Waals surface area contributed by atoms with Gasteiger partial charge in [0.1, 0.15) is 0 Å². The topological polar surface area (TPSA) is 38.5 Å². The maximum Gasteiger partial charge on any atom is 0.0622 e. The molecule has 3 heteroatoms. The lowest BCUT2D eigenvalue weighted by atomic mass is 10.1. The standard InChI is InChI=1S/C10H22N2O/c1-2-3-6-12-7-8-13-9-10(12)4-5-11/h10H,2-9,11H2,1H3. The number of hydrogen-bond donors (Lipinski definition) is 1. The summed E-state index contributed by atoms with van der Waals surface area (Å²) in [5.41, 5.74) is 5.57. The molecule has 2 N–H and O–H groups in total. The van der Waals surface area contributed by atoms with E-state index in [0.29, 0.717) is 6.04 Å². The second-order valence-corrected chi connectivity index (χ2v) is 3.70. The van der Waals surface area contributed by atoms with E-state index in [0.717, 1.165) is 32.7 Å². The Morgan fingerprint density at radius 3 is 3.08 bits per heavy atom. The van der Waals surface area contributed by atoms with E-state index in [1.54, 1.807) is 0 Å². The fraction of sp³-hybridized carbons (Fsp3) is 1.00. The van der Waals surface area contributed by atoms with Crippen LogP contribution in [0.2, 0.25) is 0 Å². The minimum Gasteiger partial charge on any atom is -0.378 e. The fourth-order valence-electron chi connectivity index (χ4n) is 1.80. The van der Waals surface area contributed by atoms with Crippen LogP contribution < -0.4 is 5.73 Å². The van der Waals surface area contributed by atoms with E-state index in [9.17, 15) is 0 Å². The van der Waals surface area contributed by atoms with E-state index in [2.05, 4.69) is 11.8 Å². The second kappa shape index (κ2) is 6.35. The summed E-state index contributed by atoms with van der Waals surface area (Å²) in [6.45, 7) is 7.08. The third kappa shape index (κ3) is 3.63. The Labute approximate surface area is 81.2 Å². The summed E-state index contributed by atoms with van der Waals surface area (Å²) >= 11 is 0. The summed E-state index contributed by atoms with van der Waals surface area (Å²) in [4.78, 5) is 2.53. The van der Waals surface area contributed by atoms with E-state index >= 15 is 0 Å². The summed E-state index contributed by atoms with van der Waals surface area (Å²) < 4.78 is 5.45. The molecule has 0 aliphatic carbocycles. The van der Waals surface area contributed by atoms with Crippen LogP contribution in [-0.4, -0.2) is 43.8 Å². The van der Waals surface area contributed by atoms with Gasteiger partial charge in [-0.15, -0.1) is 0 Å². The molecule has 0 aromatic rings. The molecule has 0 radical (unpaired) electrons. The van der Waals surface area contributed by atoms with Crippen molar-refractivity contribution in [3.8, 4) is 0 Å². The first kappa shape index (κ1) is 11.0. The Hall–Kier alpha value is -0.120. The Morgan fingerprint density at radius 2 is 2.38 bits per heavy atom. The van der Waals surface area contributed by atoms with Crippen molar-refractivity contribution in [3.05, 3.63) is 0 Å². The first-order valence-corrected chi connectivity index (χ1v) is 5.40. The minimum absolute atomic E-state index is 0.574. The summed E-state index contributed by atoms with van der Waals surface area (Å²) in [5, 5.41) is 0. The molecule has 1 unspecified atom stereocenters. The zero-order valence-corrected chi connectivity index (χ0v) is 8.67. The molecule has 0 bridgehead atoms. The van der Waals surface area contributed by atoms with Gasteiger partial charge in [0, 0.05) is 12.6 Å². The lowest BCUT2D eigenvalue weighted by Crippen LogP contribution is -2.46. The van der Waals surface area contributed by atoms with Gasteiger partial charge >= 0.3 is 0 Å². The van der Waals surface area contributed by atoms with Gasteiger partial charge in [-0.3, -0.25) is 4.90 Å². The molecule has 1 aliphatic heterocycles. The van der Waals surface area contributed by atoms with Gasteiger partial charge in [-0.25, -0.2) is 0 Å². The summed E-state index contributed by atoms with van der Waals surface area (Å²) in [6.07, 6.45) is 3.64. The van der Waals surface area contributed by atoms with Crippen LogP contribution in [0.3, 0.4) is 0 Å². The predicted molar refractivity (Wildman–Crippen MR) is 54.8 cm³/mol. The highest BCUT2D eigenvalue weighted by Crippen LogP contribution is 2.10. The summed E-state index contributed by atoms with van der Waals surface area (Å²) in [6, 6.07) is 0.574. The van der Waals surface area contributed by atoms with E-state index in [1.165, 1.54) is 19.4 Å². The molecule has 0 saturated carbocycles. The largest absolute Gasteiger partial charge is 0.378 e. The molecule has 13 heavy (non-hydrogen) atoms. The Balaban J connectivity index is 2.28. The van der Waals surface area contributed by atoms with Crippen LogP contribution in [-0.2, 0) is 4.74 Å². The van der Waals surface area contributed by atoms with E-state index in [1.807, 2.05) is 0 Å². The monoisotopic (exact) mass is 186 g/mol. The second-order valence-electron chi connectivity index (χ2n) is 3.70. The van der Waals surface area contributed by atoms with Crippen LogP contribution in [0.25, 0.3) is 0 Å². The van der Waals surface area contributed by atoms with E-state index in [-0.39, 0.29) is 0 Å². The quantitative estimate of drug-likeness (QED) is 0.691. The fourth-order valence-corrected chi connectivity index (χ4v) is 1.80. The number of nitrogens with two attached hydrogens (primary N) is 1. The summed E-state index contributed by atoms with van der Waals surface area (Å²) in [5.74, 6) is 0. The maximum absolute atomic E-state index is 5.57. The molecule has 0 amide bonds. The number of rotatable bonds is 5. The molecule has 3 nitrogen and oxygen atoms in total. The van der Waals surface area contributed by atoms with Gasteiger partial charge in [-0.05, 0) is 25.9 Å².